The van der Waals surface area contributed by atoms with E-state index in [2.05, 4.69) is 21.0 Å². The van der Waals surface area contributed by atoms with Crippen molar-refractivity contribution >= 4 is 55.8 Å². The molecule has 1 N–H and O–H groups in total. The second kappa shape index (κ2) is 13.9. The highest BCUT2D eigenvalue weighted by molar-refractivity contribution is 7.18. The van der Waals surface area contributed by atoms with Crippen LogP contribution < -0.4 is 15.2 Å². The fourth-order valence-electron chi connectivity index (χ4n) is 6.55. The van der Waals surface area contributed by atoms with Crippen LogP contribution in [0, 0.1) is 25.2 Å². The Kier molecular flexibility index (Phi) is 9.76. The number of benzene rings is 1. The van der Waals surface area contributed by atoms with Gasteiger partial charge in [0.05, 0.1) is 46.0 Å². The lowest BCUT2D eigenvalue weighted by Gasteiger charge is -2.38. The van der Waals surface area contributed by atoms with Gasteiger partial charge >= 0.3 is 5.97 Å². The molecule has 0 unspecified atom stereocenters. The average Bonchev–Trinajstić information content (AvgIpc) is 3.49. The third kappa shape index (κ3) is 6.98. The van der Waals surface area contributed by atoms with E-state index in [0.29, 0.717) is 75.3 Å². The monoisotopic (exact) mass is 721 g/mol. The van der Waals surface area contributed by atoms with Crippen molar-refractivity contribution in [3.05, 3.63) is 73.9 Å². The quantitative estimate of drug-likeness (QED) is 0.169. The molecule has 5 heterocycles. The van der Waals surface area contributed by atoms with Gasteiger partial charge < -0.3 is 14.7 Å². The van der Waals surface area contributed by atoms with E-state index in [-0.39, 0.29) is 42.3 Å². The van der Waals surface area contributed by atoms with Gasteiger partial charge in [-0.1, -0.05) is 11.6 Å². The summed E-state index contributed by atoms with van der Waals surface area (Å²) in [5.41, 5.74) is 2.49. The molecule has 0 bridgehead atoms. The molecule has 0 saturated carbocycles. The first-order valence-corrected chi connectivity index (χ1v) is 17.2. The van der Waals surface area contributed by atoms with Crippen LogP contribution in [0.25, 0.3) is 32.2 Å². The number of carboxylic acids is 1. The van der Waals surface area contributed by atoms with Crippen LogP contribution in [0.3, 0.4) is 0 Å². The zero-order chi connectivity index (χ0) is 35.9. The Bertz CT molecular complexity index is 2220. The number of rotatable bonds is 10. The molecule has 15 heteroatoms. The number of anilines is 1. The maximum absolute atomic E-state index is 14.0. The molecule has 6 rings (SSSR count). The van der Waals surface area contributed by atoms with Crippen LogP contribution >= 0.6 is 22.9 Å². The summed E-state index contributed by atoms with van der Waals surface area (Å²) < 4.78 is 35.5. The normalized spacial score (nSPS) is 14.3. The number of fused-ring (bicyclic) bond motifs is 2. The summed E-state index contributed by atoms with van der Waals surface area (Å²) in [5.74, 6) is -2.60. The number of nitriles is 1. The highest BCUT2D eigenvalue weighted by Crippen LogP contribution is 2.40. The Hall–Kier alpha value is -4.71. The van der Waals surface area contributed by atoms with Crippen molar-refractivity contribution in [2.24, 2.45) is 0 Å². The van der Waals surface area contributed by atoms with E-state index < -0.39 is 17.5 Å². The molecule has 1 aliphatic rings. The number of aromatic carboxylic acids is 1. The van der Waals surface area contributed by atoms with Gasteiger partial charge in [-0.15, -0.1) is 11.3 Å². The van der Waals surface area contributed by atoms with E-state index in [1.807, 2.05) is 11.0 Å². The number of halogens is 3. The SMILES string of the molecule is Cc1cc(-c2cc(Cl)ccc2OCCn2c(C)nc3cnc(N(C)C4CCN(CC(C)(F)F)CC4)c(C#N)c3c2=O)c2scc(C(=O)O)c2n1. The van der Waals surface area contributed by atoms with E-state index in [1.54, 1.807) is 49.4 Å². The number of carbonyl (C=O) groups is 1. The first kappa shape index (κ1) is 35.1. The molecule has 0 amide bonds. The van der Waals surface area contributed by atoms with Crippen molar-refractivity contribution in [1.29, 1.82) is 5.26 Å². The van der Waals surface area contributed by atoms with Crippen molar-refractivity contribution < 1.29 is 23.4 Å². The smallest absolute Gasteiger partial charge is 0.338 e. The second-order valence-electron chi connectivity index (χ2n) is 12.6. The zero-order valence-corrected chi connectivity index (χ0v) is 29.4. The molecule has 50 heavy (non-hydrogen) atoms. The second-order valence-corrected chi connectivity index (χ2v) is 13.9. The van der Waals surface area contributed by atoms with Crippen LogP contribution in [0.15, 0.2) is 40.6 Å². The minimum Gasteiger partial charge on any atom is -0.491 e. The minimum absolute atomic E-state index is 0.0494. The number of aryl methyl sites for hydroxylation is 2. The zero-order valence-electron chi connectivity index (χ0n) is 27.8. The Morgan fingerprint density at radius 3 is 2.64 bits per heavy atom. The highest BCUT2D eigenvalue weighted by atomic mass is 35.5. The van der Waals surface area contributed by atoms with E-state index in [1.165, 1.54) is 22.1 Å². The number of aromatic nitrogens is 4. The summed E-state index contributed by atoms with van der Waals surface area (Å²) in [6, 6.07) is 9.13. The molecular weight excluding hydrogens is 688 g/mol. The number of alkyl halides is 2. The number of nitrogens with zero attached hydrogens (tertiary/aromatic N) is 7. The minimum atomic E-state index is -2.77. The van der Waals surface area contributed by atoms with Crippen LogP contribution in [0.4, 0.5) is 14.6 Å². The van der Waals surface area contributed by atoms with Crippen LogP contribution in [0.5, 0.6) is 5.75 Å². The molecule has 1 saturated heterocycles. The molecule has 1 fully saturated rings. The summed E-state index contributed by atoms with van der Waals surface area (Å²) in [6.45, 7) is 5.24. The first-order valence-electron chi connectivity index (χ1n) is 15.9. The number of pyridine rings is 2. The number of hydrogen-bond donors (Lipinski definition) is 1. The van der Waals surface area contributed by atoms with Crippen LogP contribution in [-0.2, 0) is 6.54 Å². The summed E-state index contributed by atoms with van der Waals surface area (Å²) in [4.78, 5) is 43.0. The molecule has 0 aliphatic carbocycles. The van der Waals surface area contributed by atoms with Crippen LogP contribution in [-0.4, -0.2) is 80.7 Å². The van der Waals surface area contributed by atoms with Gasteiger partial charge in [0.15, 0.2) is 0 Å². The lowest BCUT2D eigenvalue weighted by atomic mass is 10.0. The van der Waals surface area contributed by atoms with Gasteiger partial charge in [0.2, 0.25) is 0 Å². The molecule has 0 atom stereocenters. The van der Waals surface area contributed by atoms with E-state index in [4.69, 9.17) is 16.3 Å². The summed E-state index contributed by atoms with van der Waals surface area (Å²) in [6.07, 6.45) is 2.70. The topological polar surface area (TPSA) is 137 Å². The average molecular weight is 722 g/mol. The van der Waals surface area contributed by atoms with E-state index in [0.717, 1.165) is 12.5 Å². The molecule has 5 aromatic rings. The number of ether oxygens (including phenoxy) is 1. The van der Waals surface area contributed by atoms with Crippen molar-refractivity contribution in [3.63, 3.8) is 0 Å². The Balaban J connectivity index is 1.27. The van der Waals surface area contributed by atoms with E-state index >= 15 is 0 Å². The summed E-state index contributed by atoms with van der Waals surface area (Å²) in [5, 5.41) is 22.1. The van der Waals surface area contributed by atoms with Crippen molar-refractivity contribution in [3.8, 4) is 22.9 Å². The fourth-order valence-corrected chi connectivity index (χ4v) is 7.73. The van der Waals surface area contributed by atoms with Crippen LogP contribution in [0.1, 0.15) is 47.2 Å². The number of carboxylic acid groups (broad SMARTS) is 1. The van der Waals surface area contributed by atoms with Crippen molar-refractivity contribution in [2.45, 2.75) is 52.1 Å². The maximum Gasteiger partial charge on any atom is 0.338 e. The molecule has 0 spiro atoms. The predicted octanol–water partition coefficient (Wildman–Crippen LogP) is 6.54. The molecule has 1 aromatic carbocycles. The molecular formula is C35H34ClF2N7O4S. The predicted molar refractivity (Wildman–Crippen MR) is 189 cm³/mol. The maximum atomic E-state index is 14.0. The first-order chi connectivity index (χ1) is 23.8. The third-order valence-corrected chi connectivity index (χ3v) is 10.1. The standard InChI is InChI=1S/C35H34ClF2N7O4S/c1-19-13-24(31-30(41-19)26(17-50-31)34(47)48)23-14-21(36)5-6-28(23)49-12-11-45-20(2)42-27-16-40-32(25(15-39)29(27)33(45)46)43(4)22-7-9-44(10-8-22)18-35(3,37)38/h5-6,13-14,16-17,22H,7-12,18H2,1-4H3,(H,47,48). The number of thiophene rings is 1. The van der Waals surface area contributed by atoms with Crippen LogP contribution in [0.2, 0.25) is 5.02 Å². The third-order valence-electron chi connectivity index (χ3n) is 8.91. The van der Waals surface area contributed by atoms with Gasteiger partial charge in [-0.25, -0.2) is 23.5 Å². The lowest BCUT2D eigenvalue weighted by Crippen LogP contribution is -2.46. The Morgan fingerprint density at radius 2 is 1.96 bits per heavy atom. The molecule has 11 nitrogen and oxygen atoms in total. The van der Waals surface area contributed by atoms with E-state index in [9.17, 15) is 28.7 Å². The number of hydrogen-bond acceptors (Lipinski definition) is 10. The molecule has 4 aromatic heterocycles. The van der Waals surface area contributed by atoms with Crippen molar-refractivity contribution in [1.82, 2.24) is 24.4 Å². The fraction of sp³-hybridized carbons (Fsp3) is 0.371. The number of likely N-dealkylation sites (tertiary alicyclic amines) is 1. The van der Waals surface area contributed by atoms with Gasteiger partial charge in [0, 0.05) is 60.3 Å². The molecule has 1 aliphatic heterocycles. The van der Waals surface area contributed by atoms with Crippen molar-refractivity contribution in [2.75, 3.05) is 38.2 Å². The van der Waals surface area contributed by atoms with Gasteiger partial charge in [-0.3, -0.25) is 19.2 Å². The Morgan fingerprint density at radius 1 is 1.22 bits per heavy atom. The Labute approximate surface area is 295 Å². The number of piperidine rings is 1. The largest absolute Gasteiger partial charge is 0.491 e. The van der Waals surface area contributed by atoms with Gasteiger partial charge in [-0.2, -0.15) is 5.26 Å². The summed E-state index contributed by atoms with van der Waals surface area (Å²) >= 11 is 7.67. The highest BCUT2D eigenvalue weighted by Gasteiger charge is 2.31. The summed E-state index contributed by atoms with van der Waals surface area (Å²) in [7, 11) is 1.80. The van der Waals surface area contributed by atoms with Gasteiger partial charge in [0.1, 0.15) is 35.6 Å². The molecule has 0 radical (unpaired) electrons. The van der Waals surface area contributed by atoms with Gasteiger partial charge in [-0.05, 0) is 51.0 Å². The molecule has 260 valence electrons. The van der Waals surface area contributed by atoms with Gasteiger partial charge in [0.25, 0.3) is 11.5 Å². The lowest BCUT2D eigenvalue weighted by molar-refractivity contribution is -0.0198.